The molecule has 2 bridgehead atoms. The van der Waals surface area contributed by atoms with Crippen molar-refractivity contribution in [2.75, 3.05) is 7.11 Å². The van der Waals surface area contributed by atoms with Crippen molar-refractivity contribution in [3.05, 3.63) is 29.6 Å². The van der Waals surface area contributed by atoms with Gasteiger partial charge in [-0.1, -0.05) is 6.07 Å². The Labute approximate surface area is 113 Å². The second-order valence-electron chi connectivity index (χ2n) is 5.75. The molecule has 1 aromatic carbocycles. The van der Waals surface area contributed by atoms with E-state index >= 15 is 0 Å². The first-order valence-corrected chi connectivity index (χ1v) is 7.01. The molecule has 0 aromatic heterocycles. The Morgan fingerprint density at radius 2 is 2.00 bits per heavy atom. The SMILES string of the molecule is COc1ccc(CN2C3CCC2CC(N)C3)c(F)c1. The van der Waals surface area contributed by atoms with Crippen LogP contribution in [0.25, 0.3) is 0 Å². The number of benzene rings is 1. The monoisotopic (exact) mass is 264 g/mol. The van der Waals surface area contributed by atoms with Gasteiger partial charge in [0.25, 0.3) is 0 Å². The second-order valence-corrected chi connectivity index (χ2v) is 5.75. The highest BCUT2D eigenvalue weighted by molar-refractivity contribution is 5.29. The number of hydrogen-bond donors (Lipinski definition) is 1. The number of halogens is 1. The fourth-order valence-corrected chi connectivity index (χ4v) is 3.55. The van der Waals surface area contributed by atoms with E-state index in [1.165, 1.54) is 18.9 Å². The van der Waals surface area contributed by atoms with Crippen LogP contribution in [0.3, 0.4) is 0 Å². The van der Waals surface area contributed by atoms with Crippen molar-refractivity contribution >= 4 is 0 Å². The summed E-state index contributed by atoms with van der Waals surface area (Å²) in [4.78, 5) is 2.44. The smallest absolute Gasteiger partial charge is 0.131 e. The van der Waals surface area contributed by atoms with Gasteiger partial charge in [0.15, 0.2) is 0 Å². The Bertz CT molecular complexity index is 451. The Balaban J connectivity index is 1.75. The van der Waals surface area contributed by atoms with Crippen LogP contribution < -0.4 is 10.5 Å². The maximum Gasteiger partial charge on any atom is 0.131 e. The molecule has 104 valence electrons. The minimum absolute atomic E-state index is 0.173. The zero-order chi connectivity index (χ0) is 13.4. The molecular weight excluding hydrogens is 243 g/mol. The van der Waals surface area contributed by atoms with Gasteiger partial charge < -0.3 is 10.5 Å². The number of ether oxygens (including phenoxy) is 1. The molecule has 2 atom stereocenters. The predicted octanol–water partition coefficient (Wildman–Crippen LogP) is 2.29. The quantitative estimate of drug-likeness (QED) is 0.910. The lowest BCUT2D eigenvalue weighted by atomic mass is 9.97. The van der Waals surface area contributed by atoms with Crippen LogP contribution in [0, 0.1) is 5.82 Å². The van der Waals surface area contributed by atoms with E-state index < -0.39 is 0 Å². The summed E-state index contributed by atoms with van der Waals surface area (Å²) in [5.41, 5.74) is 6.82. The molecule has 0 amide bonds. The van der Waals surface area contributed by atoms with E-state index in [2.05, 4.69) is 4.90 Å². The lowest BCUT2D eigenvalue weighted by Crippen LogP contribution is -2.46. The fourth-order valence-electron chi connectivity index (χ4n) is 3.55. The molecule has 0 saturated carbocycles. The minimum atomic E-state index is -0.173. The van der Waals surface area contributed by atoms with E-state index in [0.29, 0.717) is 30.4 Å². The van der Waals surface area contributed by atoms with Gasteiger partial charge in [0.1, 0.15) is 11.6 Å². The molecule has 3 rings (SSSR count). The zero-order valence-electron chi connectivity index (χ0n) is 11.3. The number of piperidine rings is 1. The van der Waals surface area contributed by atoms with Crippen LogP contribution >= 0.6 is 0 Å². The zero-order valence-corrected chi connectivity index (χ0v) is 11.3. The molecule has 3 nitrogen and oxygen atoms in total. The molecule has 2 N–H and O–H groups in total. The Morgan fingerprint density at radius 1 is 1.32 bits per heavy atom. The normalized spacial score (nSPS) is 30.6. The number of rotatable bonds is 3. The largest absolute Gasteiger partial charge is 0.497 e. The van der Waals surface area contributed by atoms with Crippen LogP contribution in [-0.2, 0) is 6.54 Å². The number of nitrogens with zero attached hydrogens (tertiary/aromatic N) is 1. The maximum absolute atomic E-state index is 14.0. The molecule has 2 heterocycles. The van der Waals surface area contributed by atoms with E-state index in [-0.39, 0.29) is 5.82 Å². The number of methoxy groups -OCH3 is 1. The molecule has 19 heavy (non-hydrogen) atoms. The Hall–Kier alpha value is -1.13. The molecule has 2 aliphatic rings. The van der Waals surface area contributed by atoms with Gasteiger partial charge in [0.05, 0.1) is 7.11 Å². The number of nitrogens with two attached hydrogens (primary N) is 1. The third kappa shape index (κ3) is 2.47. The fraction of sp³-hybridized carbons (Fsp3) is 0.600. The van der Waals surface area contributed by atoms with E-state index in [0.717, 1.165) is 18.4 Å². The maximum atomic E-state index is 14.0. The van der Waals surface area contributed by atoms with Crippen molar-refractivity contribution in [3.8, 4) is 5.75 Å². The molecule has 2 aliphatic heterocycles. The summed E-state index contributed by atoms with van der Waals surface area (Å²) in [5, 5.41) is 0. The van der Waals surface area contributed by atoms with Gasteiger partial charge in [-0.25, -0.2) is 4.39 Å². The molecule has 0 aliphatic carbocycles. The van der Waals surface area contributed by atoms with E-state index in [1.807, 2.05) is 12.1 Å². The summed E-state index contributed by atoms with van der Waals surface area (Å²) in [7, 11) is 1.56. The van der Waals surface area contributed by atoms with Crippen molar-refractivity contribution in [3.63, 3.8) is 0 Å². The van der Waals surface area contributed by atoms with Gasteiger partial charge in [-0.15, -0.1) is 0 Å². The first-order chi connectivity index (χ1) is 9.17. The van der Waals surface area contributed by atoms with Gasteiger partial charge in [0, 0.05) is 36.3 Å². The number of fused-ring (bicyclic) bond motifs is 2. The van der Waals surface area contributed by atoms with Crippen molar-refractivity contribution in [2.24, 2.45) is 5.73 Å². The molecular formula is C15H21FN2O. The van der Waals surface area contributed by atoms with Gasteiger partial charge in [-0.2, -0.15) is 0 Å². The highest BCUT2D eigenvalue weighted by Gasteiger charge is 2.39. The van der Waals surface area contributed by atoms with Gasteiger partial charge in [0.2, 0.25) is 0 Å². The number of hydrogen-bond acceptors (Lipinski definition) is 3. The summed E-state index contributed by atoms with van der Waals surface area (Å²) in [5.74, 6) is 0.401. The van der Waals surface area contributed by atoms with E-state index in [1.54, 1.807) is 7.11 Å². The van der Waals surface area contributed by atoms with E-state index in [4.69, 9.17) is 10.5 Å². The topological polar surface area (TPSA) is 38.5 Å². The summed E-state index contributed by atoms with van der Waals surface area (Å²) < 4.78 is 19.1. The van der Waals surface area contributed by atoms with Crippen molar-refractivity contribution < 1.29 is 9.13 Å². The van der Waals surface area contributed by atoms with E-state index in [9.17, 15) is 4.39 Å². The van der Waals surface area contributed by atoms with Crippen LogP contribution in [0.15, 0.2) is 18.2 Å². The highest BCUT2D eigenvalue weighted by Crippen LogP contribution is 2.36. The first-order valence-electron chi connectivity index (χ1n) is 7.01. The summed E-state index contributed by atoms with van der Waals surface area (Å²) >= 11 is 0. The summed E-state index contributed by atoms with van der Waals surface area (Å²) in [6.07, 6.45) is 4.51. The molecule has 2 fully saturated rings. The molecule has 4 heteroatoms. The van der Waals surface area contributed by atoms with Crippen LogP contribution in [0.4, 0.5) is 4.39 Å². The Kier molecular flexibility index (Phi) is 3.46. The highest BCUT2D eigenvalue weighted by atomic mass is 19.1. The standard InChI is InChI=1S/C15H21FN2O/c1-19-14-5-2-10(15(16)8-14)9-18-12-3-4-13(18)7-11(17)6-12/h2,5,8,11-13H,3-4,6-7,9,17H2,1H3. The third-order valence-electron chi connectivity index (χ3n) is 4.53. The van der Waals surface area contributed by atoms with Crippen molar-refractivity contribution in [2.45, 2.75) is 50.4 Å². The average Bonchev–Trinajstić information content (AvgIpc) is 2.63. The van der Waals surface area contributed by atoms with Gasteiger partial charge in [-0.05, 0) is 31.7 Å². The average molecular weight is 264 g/mol. The van der Waals surface area contributed by atoms with Gasteiger partial charge in [-0.3, -0.25) is 4.90 Å². The molecule has 0 radical (unpaired) electrons. The Morgan fingerprint density at radius 3 is 2.58 bits per heavy atom. The van der Waals surface area contributed by atoms with Gasteiger partial charge >= 0.3 is 0 Å². The predicted molar refractivity (Wildman–Crippen MR) is 72.5 cm³/mol. The van der Waals surface area contributed by atoms with Crippen LogP contribution in [-0.4, -0.2) is 30.1 Å². The molecule has 1 aromatic rings. The minimum Gasteiger partial charge on any atom is -0.497 e. The molecule has 2 unspecified atom stereocenters. The summed E-state index contributed by atoms with van der Waals surface area (Å²) in [6, 6.07) is 6.53. The second kappa shape index (κ2) is 5.10. The van der Waals surface area contributed by atoms with Crippen LogP contribution in [0.5, 0.6) is 5.75 Å². The summed E-state index contributed by atoms with van der Waals surface area (Å²) in [6.45, 7) is 0.692. The van der Waals surface area contributed by atoms with Crippen LogP contribution in [0.2, 0.25) is 0 Å². The third-order valence-corrected chi connectivity index (χ3v) is 4.53. The van der Waals surface area contributed by atoms with Crippen molar-refractivity contribution in [1.82, 2.24) is 4.90 Å². The molecule has 2 saturated heterocycles. The lowest BCUT2D eigenvalue weighted by Gasteiger charge is -2.37. The lowest BCUT2D eigenvalue weighted by molar-refractivity contribution is 0.118. The molecule has 0 spiro atoms. The van der Waals surface area contributed by atoms with Crippen LogP contribution in [0.1, 0.15) is 31.2 Å². The first kappa shape index (κ1) is 12.9. The van der Waals surface area contributed by atoms with Crippen molar-refractivity contribution in [1.29, 1.82) is 0 Å².